The van der Waals surface area contributed by atoms with Crippen LogP contribution in [0.25, 0.3) is 0 Å². The van der Waals surface area contributed by atoms with Gasteiger partial charge in [-0.25, -0.2) is 0 Å². The first kappa shape index (κ1) is 10.6. The van der Waals surface area contributed by atoms with Crippen molar-refractivity contribution < 1.29 is 0 Å². The molecule has 0 aliphatic carbocycles. The van der Waals surface area contributed by atoms with E-state index < -0.39 is 0 Å². The Morgan fingerprint density at radius 1 is 1.40 bits per heavy atom. The minimum absolute atomic E-state index is 0.849. The predicted molar refractivity (Wildman–Crippen MR) is 58.5 cm³/mol. The molecule has 2 heterocycles. The van der Waals surface area contributed by atoms with Crippen LogP contribution in [-0.4, -0.2) is 41.2 Å². The van der Waals surface area contributed by atoms with Gasteiger partial charge in [0.1, 0.15) is 0 Å². The highest BCUT2D eigenvalue weighted by Crippen LogP contribution is 2.09. The van der Waals surface area contributed by atoms with Crippen LogP contribution in [-0.2, 0) is 6.54 Å². The van der Waals surface area contributed by atoms with Gasteiger partial charge in [-0.05, 0) is 38.4 Å². The molecule has 2 rings (SSSR count). The molecule has 1 aliphatic rings. The Kier molecular flexibility index (Phi) is 4.11. The lowest BCUT2D eigenvalue weighted by atomic mass is 9.98. The lowest BCUT2D eigenvalue weighted by Gasteiger charge is -2.22. The minimum atomic E-state index is 0.849. The Bertz CT molecular complexity index is 253. The number of nitrogens with zero attached hydrogens (tertiary/aromatic N) is 3. The highest BCUT2D eigenvalue weighted by atomic mass is 15.4. The fourth-order valence-electron chi connectivity index (χ4n) is 1.94. The van der Waals surface area contributed by atoms with Crippen LogP contribution in [0, 0.1) is 5.92 Å². The van der Waals surface area contributed by atoms with Gasteiger partial charge in [0.25, 0.3) is 0 Å². The van der Waals surface area contributed by atoms with Crippen molar-refractivity contribution in [2.24, 2.45) is 5.92 Å². The van der Waals surface area contributed by atoms with Crippen LogP contribution in [0.15, 0.2) is 12.4 Å². The van der Waals surface area contributed by atoms with Crippen LogP contribution in [0.2, 0.25) is 0 Å². The zero-order valence-corrected chi connectivity index (χ0v) is 9.02. The first-order valence-electron chi connectivity index (χ1n) is 5.70. The van der Waals surface area contributed by atoms with Crippen LogP contribution < -0.4 is 10.6 Å². The van der Waals surface area contributed by atoms with E-state index in [9.17, 15) is 0 Å². The fourth-order valence-corrected chi connectivity index (χ4v) is 1.94. The Balaban J connectivity index is 1.54. The van der Waals surface area contributed by atoms with Gasteiger partial charge in [0, 0.05) is 12.7 Å². The monoisotopic (exact) mass is 209 g/mol. The zero-order valence-electron chi connectivity index (χ0n) is 9.02. The van der Waals surface area contributed by atoms with Crippen LogP contribution in [0.5, 0.6) is 0 Å². The molecule has 2 N–H and O–H groups in total. The highest BCUT2D eigenvalue weighted by molar-refractivity contribution is 4.70. The fraction of sp³-hybridized carbons (Fsp3) is 0.800. The first-order valence-corrected chi connectivity index (χ1v) is 5.70. The summed E-state index contributed by atoms with van der Waals surface area (Å²) < 4.78 is 1.86. The molecule has 0 amide bonds. The highest BCUT2D eigenvalue weighted by Gasteiger charge is 2.11. The second kappa shape index (κ2) is 5.82. The quantitative estimate of drug-likeness (QED) is 0.663. The summed E-state index contributed by atoms with van der Waals surface area (Å²) >= 11 is 0. The van der Waals surface area contributed by atoms with Gasteiger partial charge < -0.3 is 10.6 Å². The summed E-state index contributed by atoms with van der Waals surface area (Å²) in [6, 6.07) is 0. The molecular weight excluding hydrogens is 190 g/mol. The average Bonchev–Trinajstić information content (AvgIpc) is 2.79. The average molecular weight is 209 g/mol. The van der Waals surface area contributed by atoms with Gasteiger partial charge in [-0.15, -0.1) is 5.10 Å². The third-order valence-electron chi connectivity index (χ3n) is 2.88. The van der Waals surface area contributed by atoms with E-state index in [1.54, 1.807) is 6.20 Å². The maximum atomic E-state index is 3.92. The Morgan fingerprint density at radius 3 is 3.00 bits per heavy atom. The molecule has 1 aromatic rings. The summed E-state index contributed by atoms with van der Waals surface area (Å²) in [5.74, 6) is 0.849. The lowest BCUT2D eigenvalue weighted by Crippen LogP contribution is -2.34. The lowest BCUT2D eigenvalue weighted by molar-refractivity contribution is 0.353. The third kappa shape index (κ3) is 3.60. The topological polar surface area (TPSA) is 54.8 Å². The molecule has 5 nitrogen and oxygen atoms in total. The van der Waals surface area contributed by atoms with Crippen LogP contribution in [0.1, 0.15) is 12.8 Å². The predicted octanol–water partition coefficient (Wildman–Crippen LogP) is -0.133. The Morgan fingerprint density at radius 2 is 2.27 bits per heavy atom. The zero-order chi connectivity index (χ0) is 10.3. The number of piperidine rings is 1. The van der Waals surface area contributed by atoms with Crippen molar-refractivity contribution in [2.45, 2.75) is 19.4 Å². The van der Waals surface area contributed by atoms with Gasteiger partial charge in [0.2, 0.25) is 0 Å². The molecule has 0 aromatic carbocycles. The van der Waals surface area contributed by atoms with Crippen molar-refractivity contribution in [3.05, 3.63) is 12.4 Å². The second-order valence-corrected chi connectivity index (χ2v) is 4.06. The van der Waals surface area contributed by atoms with Crippen LogP contribution in [0.3, 0.4) is 0 Å². The standard InChI is InChI=1S/C10H19N5/c1-3-11-4-2-10(1)9-12-5-7-15-8-6-13-14-15/h6,8,10-12H,1-5,7,9H2. The molecule has 0 atom stereocenters. The van der Waals surface area contributed by atoms with E-state index in [-0.39, 0.29) is 0 Å². The van der Waals surface area contributed by atoms with E-state index in [0.29, 0.717) is 0 Å². The van der Waals surface area contributed by atoms with Crippen LogP contribution >= 0.6 is 0 Å². The molecule has 1 aromatic heterocycles. The van der Waals surface area contributed by atoms with Crippen molar-refractivity contribution in [1.82, 2.24) is 25.6 Å². The summed E-state index contributed by atoms with van der Waals surface area (Å²) in [6.07, 6.45) is 6.21. The maximum Gasteiger partial charge on any atom is 0.0692 e. The molecule has 1 fully saturated rings. The molecule has 0 bridgehead atoms. The number of nitrogens with one attached hydrogen (secondary N) is 2. The summed E-state index contributed by atoms with van der Waals surface area (Å²) in [5, 5.41) is 14.5. The SMILES string of the molecule is c1cn(CCNCC2CCNCC2)nn1. The van der Waals surface area contributed by atoms with Crippen molar-refractivity contribution in [1.29, 1.82) is 0 Å². The number of hydrogen-bond donors (Lipinski definition) is 2. The van der Waals surface area contributed by atoms with Gasteiger partial charge in [-0.3, -0.25) is 4.68 Å². The molecule has 0 spiro atoms. The van der Waals surface area contributed by atoms with Gasteiger partial charge in [0.05, 0.1) is 12.7 Å². The first-order chi connectivity index (χ1) is 7.45. The van der Waals surface area contributed by atoms with Crippen molar-refractivity contribution in [3.63, 3.8) is 0 Å². The van der Waals surface area contributed by atoms with Gasteiger partial charge >= 0.3 is 0 Å². The molecule has 0 radical (unpaired) electrons. The van der Waals surface area contributed by atoms with Gasteiger partial charge in [0.15, 0.2) is 0 Å². The van der Waals surface area contributed by atoms with E-state index in [2.05, 4.69) is 20.9 Å². The minimum Gasteiger partial charge on any atom is -0.317 e. The Labute approximate surface area is 90.2 Å². The molecule has 0 unspecified atom stereocenters. The molecule has 1 aliphatic heterocycles. The number of rotatable bonds is 5. The van der Waals surface area contributed by atoms with Crippen molar-refractivity contribution in [2.75, 3.05) is 26.2 Å². The van der Waals surface area contributed by atoms with E-state index in [1.807, 2.05) is 10.9 Å². The molecular formula is C10H19N5. The van der Waals surface area contributed by atoms with Crippen molar-refractivity contribution >= 4 is 0 Å². The summed E-state index contributed by atoms with van der Waals surface area (Å²) in [4.78, 5) is 0. The third-order valence-corrected chi connectivity index (χ3v) is 2.88. The molecule has 1 saturated heterocycles. The van der Waals surface area contributed by atoms with Crippen molar-refractivity contribution in [3.8, 4) is 0 Å². The maximum absolute atomic E-state index is 3.92. The van der Waals surface area contributed by atoms with Gasteiger partial charge in [-0.1, -0.05) is 5.21 Å². The smallest absolute Gasteiger partial charge is 0.0692 e. The summed E-state index contributed by atoms with van der Waals surface area (Å²) in [5.41, 5.74) is 0. The summed E-state index contributed by atoms with van der Waals surface area (Å²) in [6.45, 7) is 5.37. The molecule has 15 heavy (non-hydrogen) atoms. The largest absolute Gasteiger partial charge is 0.317 e. The number of aromatic nitrogens is 3. The Hall–Kier alpha value is -0.940. The van der Waals surface area contributed by atoms with E-state index >= 15 is 0 Å². The normalized spacial score (nSPS) is 18.1. The van der Waals surface area contributed by atoms with E-state index in [0.717, 1.165) is 25.6 Å². The van der Waals surface area contributed by atoms with E-state index in [1.165, 1.54) is 25.9 Å². The second-order valence-electron chi connectivity index (χ2n) is 4.06. The van der Waals surface area contributed by atoms with Gasteiger partial charge in [-0.2, -0.15) is 0 Å². The van der Waals surface area contributed by atoms with Crippen LogP contribution in [0.4, 0.5) is 0 Å². The van der Waals surface area contributed by atoms with E-state index in [4.69, 9.17) is 0 Å². The molecule has 5 heteroatoms. The summed E-state index contributed by atoms with van der Waals surface area (Å²) in [7, 11) is 0. The molecule has 0 saturated carbocycles. The molecule has 84 valence electrons. The number of hydrogen-bond acceptors (Lipinski definition) is 4.